The maximum Gasteiger partial charge on any atom is 0.225 e. The first kappa shape index (κ1) is 12.2. The van der Waals surface area contributed by atoms with Crippen molar-refractivity contribution in [1.82, 2.24) is 0 Å². The van der Waals surface area contributed by atoms with E-state index in [-0.39, 0.29) is 10.9 Å². The Labute approximate surface area is 104 Å². The number of nitrogens with zero attached hydrogens (tertiary/aromatic N) is 1. The van der Waals surface area contributed by atoms with E-state index in [2.05, 4.69) is 0 Å². The SMILES string of the molecule is C[C@@]1(C(N)=O)CCN(c2ccc(Cl)c(F)c2)C1. The van der Waals surface area contributed by atoms with Crippen LogP contribution >= 0.6 is 11.6 Å². The number of carbonyl (C=O) groups excluding carboxylic acids is 1. The Morgan fingerprint density at radius 2 is 2.29 bits per heavy atom. The highest BCUT2D eigenvalue weighted by Gasteiger charge is 2.38. The molecule has 0 unspecified atom stereocenters. The summed E-state index contributed by atoms with van der Waals surface area (Å²) in [7, 11) is 0. The van der Waals surface area contributed by atoms with Crippen LogP contribution in [0, 0.1) is 11.2 Å². The summed E-state index contributed by atoms with van der Waals surface area (Å²) in [5, 5.41) is 0.102. The first-order chi connectivity index (χ1) is 7.92. The third kappa shape index (κ3) is 2.22. The van der Waals surface area contributed by atoms with Gasteiger partial charge in [0, 0.05) is 18.8 Å². The number of amides is 1. The fraction of sp³-hybridized carbons (Fsp3) is 0.417. The van der Waals surface area contributed by atoms with Crippen molar-refractivity contribution in [2.24, 2.45) is 11.1 Å². The molecular formula is C12H14ClFN2O. The third-order valence-corrected chi connectivity index (χ3v) is 3.64. The Kier molecular flexibility index (Phi) is 3.00. The van der Waals surface area contributed by atoms with Crippen molar-refractivity contribution >= 4 is 23.2 Å². The van der Waals surface area contributed by atoms with E-state index in [9.17, 15) is 9.18 Å². The van der Waals surface area contributed by atoms with Crippen LogP contribution in [-0.2, 0) is 4.79 Å². The van der Waals surface area contributed by atoms with Gasteiger partial charge < -0.3 is 10.6 Å². The highest BCUT2D eigenvalue weighted by molar-refractivity contribution is 6.30. The van der Waals surface area contributed by atoms with E-state index >= 15 is 0 Å². The molecule has 17 heavy (non-hydrogen) atoms. The van der Waals surface area contributed by atoms with E-state index in [4.69, 9.17) is 17.3 Å². The second-order valence-electron chi connectivity index (χ2n) is 4.69. The number of hydrogen-bond acceptors (Lipinski definition) is 2. The molecule has 1 aliphatic heterocycles. The second-order valence-corrected chi connectivity index (χ2v) is 5.10. The van der Waals surface area contributed by atoms with Crippen molar-refractivity contribution in [3.63, 3.8) is 0 Å². The summed E-state index contributed by atoms with van der Waals surface area (Å²) in [6.45, 7) is 3.05. The van der Waals surface area contributed by atoms with Crippen molar-refractivity contribution in [3.8, 4) is 0 Å². The molecule has 0 aromatic heterocycles. The van der Waals surface area contributed by atoms with Crippen molar-refractivity contribution in [1.29, 1.82) is 0 Å². The molecule has 2 N–H and O–H groups in total. The molecule has 1 fully saturated rings. The van der Waals surface area contributed by atoms with E-state index in [0.717, 1.165) is 5.69 Å². The molecule has 92 valence electrons. The summed E-state index contributed by atoms with van der Waals surface area (Å²) >= 11 is 5.63. The monoisotopic (exact) mass is 256 g/mol. The average Bonchev–Trinajstić information content (AvgIpc) is 2.67. The Morgan fingerprint density at radius 1 is 1.59 bits per heavy atom. The van der Waals surface area contributed by atoms with Crippen molar-refractivity contribution in [2.75, 3.05) is 18.0 Å². The quantitative estimate of drug-likeness (QED) is 0.882. The van der Waals surface area contributed by atoms with Gasteiger partial charge in [0.15, 0.2) is 0 Å². The summed E-state index contributed by atoms with van der Waals surface area (Å²) in [6.07, 6.45) is 0.687. The number of halogens is 2. The van der Waals surface area contributed by atoms with Crippen LogP contribution in [0.1, 0.15) is 13.3 Å². The van der Waals surface area contributed by atoms with Crippen LogP contribution in [0.25, 0.3) is 0 Å². The zero-order chi connectivity index (χ0) is 12.6. The molecule has 0 bridgehead atoms. The van der Waals surface area contributed by atoms with Gasteiger partial charge in [0.05, 0.1) is 10.4 Å². The van der Waals surface area contributed by atoms with E-state index in [1.165, 1.54) is 12.1 Å². The summed E-state index contributed by atoms with van der Waals surface area (Å²) < 4.78 is 13.3. The lowest BCUT2D eigenvalue weighted by molar-refractivity contribution is -0.125. The summed E-state index contributed by atoms with van der Waals surface area (Å²) in [4.78, 5) is 13.3. The van der Waals surface area contributed by atoms with Crippen LogP contribution in [0.5, 0.6) is 0 Å². The van der Waals surface area contributed by atoms with Gasteiger partial charge in [0.1, 0.15) is 5.82 Å². The zero-order valence-electron chi connectivity index (χ0n) is 9.54. The minimum atomic E-state index is -0.532. The maximum absolute atomic E-state index is 13.3. The van der Waals surface area contributed by atoms with Crippen molar-refractivity contribution in [2.45, 2.75) is 13.3 Å². The standard InChI is InChI=1S/C12H14ClFN2O/c1-12(11(15)17)4-5-16(7-12)8-2-3-9(13)10(14)6-8/h2-3,6H,4-5,7H2,1H3,(H2,15,17)/t12-/m1/s1. The van der Waals surface area contributed by atoms with Gasteiger partial charge in [-0.05, 0) is 31.5 Å². The molecule has 1 atom stereocenters. The normalized spacial score (nSPS) is 24.1. The van der Waals surface area contributed by atoms with Gasteiger partial charge in [0.2, 0.25) is 5.91 Å². The topological polar surface area (TPSA) is 46.3 Å². The molecule has 0 aliphatic carbocycles. The number of anilines is 1. The van der Waals surface area contributed by atoms with Crippen LogP contribution in [0.4, 0.5) is 10.1 Å². The van der Waals surface area contributed by atoms with Gasteiger partial charge >= 0.3 is 0 Å². The van der Waals surface area contributed by atoms with Gasteiger partial charge in [-0.25, -0.2) is 4.39 Å². The number of carbonyl (C=O) groups is 1. The van der Waals surface area contributed by atoms with E-state index in [1.807, 2.05) is 11.8 Å². The number of rotatable bonds is 2. The Balaban J connectivity index is 2.21. The largest absolute Gasteiger partial charge is 0.370 e. The van der Waals surface area contributed by atoms with Crippen LogP contribution < -0.4 is 10.6 Å². The number of primary amides is 1. The van der Waals surface area contributed by atoms with Crippen LogP contribution in [0.3, 0.4) is 0 Å². The molecule has 1 amide bonds. The smallest absolute Gasteiger partial charge is 0.225 e. The highest BCUT2D eigenvalue weighted by atomic mass is 35.5. The van der Waals surface area contributed by atoms with Crippen molar-refractivity contribution < 1.29 is 9.18 Å². The van der Waals surface area contributed by atoms with E-state index < -0.39 is 11.2 Å². The van der Waals surface area contributed by atoms with Gasteiger partial charge in [-0.2, -0.15) is 0 Å². The average molecular weight is 257 g/mol. The van der Waals surface area contributed by atoms with Gasteiger partial charge in [0.25, 0.3) is 0 Å². The zero-order valence-corrected chi connectivity index (χ0v) is 10.3. The van der Waals surface area contributed by atoms with Crippen LogP contribution in [0.2, 0.25) is 5.02 Å². The first-order valence-electron chi connectivity index (χ1n) is 5.42. The molecule has 1 aromatic carbocycles. The minimum Gasteiger partial charge on any atom is -0.370 e. The molecule has 0 saturated carbocycles. The molecule has 1 saturated heterocycles. The van der Waals surface area contributed by atoms with Gasteiger partial charge in [-0.15, -0.1) is 0 Å². The van der Waals surface area contributed by atoms with Gasteiger partial charge in [-0.3, -0.25) is 4.79 Å². The molecule has 0 radical (unpaired) electrons. The lowest BCUT2D eigenvalue weighted by Gasteiger charge is -2.22. The molecule has 1 heterocycles. The Bertz CT molecular complexity index is 466. The predicted molar refractivity (Wildman–Crippen MR) is 65.5 cm³/mol. The first-order valence-corrected chi connectivity index (χ1v) is 5.80. The van der Waals surface area contributed by atoms with E-state index in [1.54, 1.807) is 6.07 Å². The van der Waals surface area contributed by atoms with E-state index in [0.29, 0.717) is 19.5 Å². The molecule has 3 nitrogen and oxygen atoms in total. The molecule has 5 heteroatoms. The maximum atomic E-state index is 13.3. The number of hydrogen-bond donors (Lipinski definition) is 1. The third-order valence-electron chi connectivity index (χ3n) is 3.34. The molecule has 0 spiro atoms. The summed E-state index contributed by atoms with van der Waals surface area (Å²) in [5.41, 5.74) is 5.57. The molecular weight excluding hydrogens is 243 g/mol. The van der Waals surface area contributed by atoms with Crippen LogP contribution in [0.15, 0.2) is 18.2 Å². The molecule has 1 aliphatic rings. The number of nitrogens with two attached hydrogens (primary N) is 1. The summed E-state index contributed by atoms with van der Waals surface area (Å²) in [6, 6.07) is 4.65. The molecule has 1 aromatic rings. The molecule has 2 rings (SSSR count). The fourth-order valence-corrected chi connectivity index (χ4v) is 2.18. The summed E-state index contributed by atoms with van der Waals surface area (Å²) in [5.74, 6) is -0.758. The Morgan fingerprint density at radius 3 is 2.82 bits per heavy atom. The second kappa shape index (κ2) is 4.18. The number of benzene rings is 1. The minimum absolute atomic E-state index is 0.102. The van der Waals surface area contributed by atoms with Crippen LogP contribution in [-0.4, -0.2) is 19.0 Å². The fourth-order valence-electron chi connectivity index (χ4n) is 2.06. The Hall–Kier alpha value is -1.29. The highest BCUT2D eigenvalue weighted by Crippen LogP contribution is 2.33. The lowest BCUT2D eigenvalue weighted by Crippen LogP contribution is -2.37. The lowest BCUT2D eigenvalue weighted by atomic mass is 9.89. The van der Waals surface area contributed by atoms with Crippen molar-refractivity contribution in [3.05, 3.63) is 29.0 Å². The predicted octanol–water partition coefficient (Wildman–Crippen LogP) is 2.18. The van der Waals surface area contributed by atoms with Gasteiger partial charge in [-0.1, -0.05) is 11.6 Å².